The van der Waals surface area contributed by atoms with Gasteiger partial charge in [-0.15, -0.1) is 0 Å². The van der Waals surface area contributed by atoms with E-state index in [2.05, 4.69) is 13.0 Å². The number of carbonyl (C=O) groups excluding carboxylic acids is 1. The molecule has 1 rings (SSSR count). The minimum atomic E-state index is -0.489. The van der Waals surface area contributed by atoms with Crippen molar-refractivity contribution in [1.29, 1.82) is 5.26 Å². The van der Waals surface area contributed by atoms with Crippen LogP contribution in [0.2, 0.25) is 0 Å². The van der Waals surface area contributed by atoms with Gasteiger partial charge < -0.3 is 4.74 Å². The van der Waals surface area contributed by atoms with E-state index < -0.39 is 5.41 Å². The average Bonchev–Trinajstić information content (AvgIpc) is 2.41. The van der Waals surface area contributed by atoms with Crippen molar-refractivity contribution >= 4 is 5.97 Å². The highest BCUT2D eigenvalue weighted by Gasteiger charge is 2.40. The van der Waals surface area contributed by atoms with E-state index in [1.54, 1.807) is 0 Å². The Kier molecular flexibility index (Phi) is 6.34. The number of rotatable bonds is 6. The van der Waals surface area contributed by atoms with Crippen LogP contribution in [0.3, 0.4) is 0 Å². The number of hydrogen-bond donors (Lipinski definition) is 0. The molecule has 3 nitrogen and oxygen atoms in total. The fraction of sp³-hybridized carbons (Fsp3) is 0.875. The Balaban J connectivity index is 2.48. The third kappa shape index (κ3) is 4.53. The maximum Gasteiger partial charge on any atom is 0.308 e. The fourth-order valence-electron chi connectivity index (χ4n) is 2.69. The molecular formula is C16H27NO2. The fourth-order valence-corrected chi connectivity index (χ4v) is 2.69. The van der Waals surface area contributed by atoms with Crippen LogP contribution < -0.4 is 0 Å². The molecule has 1 aliphatic carbocycles. The number of ether oxygens (including phenoxy) is 1. The van der Waals surface area contributed by atoms with E-state index in [0.29, 0.717) is 0 Å². The van der Waals surface area contributed by atoms with Gasteiger partial charge in [-0.1, -0.05) is 39.5 Å². The van der Waals surface area contributed by atoms with Gasteiger partial charge in [0.1, 0.15) is 6.10 Å². The van der Waals surface area contributed by atoms with E-state index in [4.69, 9.17) is 4.74 Å². The average molecular weight is 265 g/mol. The minimum Gasteiger partial charge on any atom is -0.460 e. The Morgan fingerprint density at radius 3 is 2.84 bits per heavy atom. The van der Waals surface area contributed by atoms with Gasteiger partial charge in [0.15, 0.2) is 0 Å². The number of nitriles is 1. The molecule has 0 saturated heterocycles. The van der Waals surface area contributed by atoms with E-state index in [9.17, 15) is 10.1 Å². The molecule has 0 N–H and O–H groups in total. The molecule has 3 unspecified atom stereocenters. The summed E-state index contributed by atoms with van der Waals surface area (Å²) in [4.78, 5) is 12.1. The maximum atomic E-state index is 12.1. The van der Waals surface area contributed by atoms with Crippen molar-refractivity contribution in [3.05, 3.63) is 0 Å². The normalized spacial score (nSPS) is 28.4. The van der Waals surface area contributed by atoms with Crippen LogP contribution in [0.5, 0.6) is 0 Å². The molecule has 0 aromatic carbocycles. The van der Waals surface area contributed by atoms with Crippen molar-refractivity contribution in [3.8, 4) is 6.07 Å². The number of esters is 1. The first-order valence-electron chi connectivity index (χ1n) is 7.65. The monoisotopic (exact) mass is 265 g/mol. The molecule has 0 amide bonds. The van der Waals surface area contributed by atoms with Crippen molar-refractivity contribution in [2.45, 2.75) is 78.2 Å². The highest BCUT2D eigenvalue weighted by Crippen LogP contribution is 2.37. The second-order valence-electron chi connectivity index (χ2n) is 6.10. The smallest absolute Gasteiger partial charge is 0.308 e. The highest BCUT2D eigenvalue weighted by atomic mass is 16.5. The lowest BCUT2D eigenvalue weighted by Gasteiger charge is -2.35. The molecule has 0 radical (unpaired) electrons. The Morgan fingerprint density at radius 1 is 1.47 bits per heavy atom. The lowest BCUT2D eigenvalue weighted by Crippen LogP contribution is -2.39. The van der Waals surface area contributed by atoms with Crippen LogP contribution in [0, 0.1) is 22.7 Å². The second kappa shape index (κ2) is 7.53. The summed E-state index contributed by atoms with van der Waals surface area (Å²) in [7, 11) is 0. The first-order chi connectivity index (χ1) is 9.03. The number of unbranched alkanes of at least 4 members (excludes halogenated alkanes) is 2. The SMILES string of the molecule is CCCCCC(C)C(=O)OC1CCCCC1(C)C#N. The zero-order chi connectivity index (χ0) is 14.3. The summed E-state index contributed by atoms with van der Waals surface area (Å²) in [5.41, 5.74) is -0.489. The first-order valence-corrected chi connectivity index (χ1v) is 7.65. The molecule has 3 heteroatoms. The van der Waals surface area contributed by atoms with Crippen LogP contribution in [-0.4, -0.2) is 12.1 Å². The Morgan fingerprint density at radius 2 is 2.21 bits per heavy atom. The van der Waals surface area contributed by atoms with Gasteiger partial charge in [-0.2, -0.15) is 5.26 Å². The topological polar surface area (TPSA) is 50.1 Å². The standard InChI is InChI=1S/C16H27NO2/c1-4-5-6-9-13(2)15(18)19-14-10-7-8-11-16(14,3)12-17/h13-14H,4-11H2,1-3H3. The molecule has 0 bridgehead atoms. The summed E-state index contributed by atoms with van der Waals surface area (Å²) in [5, 5.41) is 9.30. The van der Waals surface area contributed by atoms with E-state index in [-0.39, 0.29) is 18.0 Å². The maximum absolute atomic E-state index is 12.1. The number of carbonyl (C=O) groups is 1. The second-order valence-corrected chi connectivity index (χ2v) is 6.10. The van der Waals surface area contributed by atoms with Crippen LogP contribution in [0.25, 0.3) is 0 Å². The van der Waals surface area contributed by atoms with Crippen LogP contribution in [0.4, 0.5) is 0 Å². The van der Waals surface area contributed by atoms with E-state index in [1.165, 1.54) is 0 Å². The minimum absolute atomic E-state index is 0.0450. The zero-order valence-corrected chi connectivity index (χ0v) is 12.6. The summed E-state index contributed by atoms with van der Waals surface area (Å²) in [6.45, 7) is 6.01. The van der Waals surface area contributed by atoms with Crippen molar-refractivity contribution in [1.82, 2.24) is 0 Å². The third-order valence-electron chi connectivity index (χ3n) is 4.28. The summed E-state index contributed by atoms with van der Waals surface area (Å²) >= 11 is 0. The molecule has 1 saturated carbocycles. The van der Waals surface area contributed by atoms with Crippen molar-refractivity contribution < 1.29 is 9.53 Å². The summed E-state index contributed by atoms with van der Waals surface area (Å²) in [6, 6.07) is 2.35. The molecule has 1 aliphatic rings. The Hall–Kier alpha value is -1.04. The Labute approximate surface area is 117 Å². The highest BCUT2D eigenvalue weighted by molar-refractivity contribution is 5.72. The summed E-state index contributed by atoms with van der Waals surface area (Å²) in [5.74, 6) is -0.166. The largest absolute Gasteiger partial charge is 0.460 e. The lowest BCUT2D eigenvalue weighted by molar-refractivity contribution is -0.160. The van der Waals surface area contributed by atoms with Crippen LogP contribution in [-0.2, 0) is 9.53 Å². The van der Waals surface area contributed by atoms with Crippen molar-refractivity contribution in [3.63, 3.8) is 0 Å². The summed E-state index contributed by atoms with van der Waals surface area (Å²) < 4.78 is 5.63. The van der Waals surface area contributed by atoms with Gasteiger partial charge in [-0.25, -0.2) is 0 Å². The van der Waals surface area contributed by atoms with Crippen LogP contribution in [0.15, 0.2) is 0 Å². The molecule has 0 aromatic rings. The van der Waals surface area contributed by atoms with Gasteiger partial charge in [0.05, 0.1) is 17.4 Å². The molecule has 0 heterocycles. The predicted octanol–water partition coefficient (Wildman–Crippen LogP) is 4.22. The van der Waals surface area contributed by atoms with Gasteiger partial charge in [0, 0.05) is 0 Å². The predicted molar refractivity (Wildman–Crippen MR) is 75.4 cm³/mol. The van der Waals surface area contributed by atoms with Gasteiger partial charge in [-0.3, -0.25) is 4.79 Å². The quantitative estimate of drug-likeness (QED) is 0.533. The molecule has 1 fully saturated rings. The molecule has 19 heavy (non-hydrogen) atoms. The van der Waals surface area contributed by atoms with E-state index in [1.807, 2.05) is 13.8 Å². The first kappa shape index (κ1) is 16.0. The van der Waals surface area contributed by atoms with Crippen LogP contribution in [0.1, 0.15) is 72.1 Å². The lowest BCUT2D eigenvalue weighted by atomic mass is 9.74. The molecule has 3 atom stereocenters. The van der Waals surface area contributed by atoms with E-state index >= 15 is 0 Å². The van der Waals surface area contributed by atoms with Crippen molar-refractivity contribution in [2.24, 2.45) is 11.3 Å². The molecule has 0 aliphatic heterocycles. The van der Waals surface area contributed by atoms with Gasteiger partial charge >= 0.3 is 5.97 Å². The Bertz CT molecular complexity index is 334. The van der Waals surface area contributed by atoms with Gasteiger partial charge in [0.2, 0.25) is 0 Å². The molecule has 108 valence electrons. The number of nitrogens with zero attached hydrogens (tertiary/aromatic N) is 1. The van der Waals surface area contributed by atoms with Crippen LogP contribution >= 0.6 is 0 Å². The molecule has 0 aromatic heterocycles. The summed E-state index contributed by atoms with van der Waals surface area (Å²) in [6.07, 6.45) is 7.86. The van der Waals surface area contributed by atoms with Gasteiger partial charge in [0.25, 0.3) is 0 Å². The van der Waals surface area contributed by atoms with E-state index in [0.717, 1.165) is 51.4 Å². The molecular weight excluding hydrogens is 238 g/mol. The third-order valence-corrected chi connectivity index (χ3v) is 4.28. The zero-order valence-electron chi connectivity index (χ0n) is 12.6. The van der Waals surface area contributed by atoms with Gasteiger partial charge in [-0.05, 0) is 32.6 Å². The van der Waals surface area contributed by atoms with Crippen molar-refractivity contribution in [2.75, 3.05) is 0 Å². The molecule has 0 spiro atoms. The number of hydrogen-bond acceptors (Lipinski definition) is 3.